The molecule has 7 heteroatoms. The lowest BCUT2D eigenvalue weighted by atomic mass is 10.0. The third-order valence-corrected chi connectivity index (χ3v) is 4.31. The Labute approximate surface area is 133 Å². The van der Waals surface area contributed by atoms with Crippen LogP contribution in [0.3, 0.4) is 0 Å². The molecule has 0 aromatic heterocycles. The Bertz CT molecular complexity index is 646. The van der Waals surface area contributed by atoms with Crippen molar-refractivity contribution in [2.45, 2.75) is 25.3 Å². The minimum atomic E-state index is -0.894. The van der Waals surface area contributed by atoms with E-state index in [0.29, 0.717) is 24.3 Å². The largest absolute Gasteiger partial charge is 0.480 e. The van der Waals surface area contributed by atoms with E-state index in [1.165, 1.54) is 4.90 Å². The van der Waals surface area contributed by atoms with Crippen molar-refractivity contribution in [2.75, 3.05) is 29.9 Å². The van der Waals surface area contributed by atoms with Gasteiger partial charge in [0, 0.05) is 0 Å². The van der Waals surface area contributed by atoms with Gasteiger partial charge in [-0.3, -0.25) is 24.2 Å². The van der Waals surface area contributed by atoms with Crippen LogP contribution in [0.2, 0.25) is 0 Å². The van der Waals surface area contributed by atoms with Gasteiger partial charge in [-0.05, 0) is 31.5 Å². The lowest BCUT2D eigenvalue weighted by Gasteiger charge is -2.35. The van der Waals surface area contributed by atoms with Crippen LogP contribution in [0.4, 0.5) is 11.4 Å². The van der Waals surface area contributed by atoms with Gasteiger partial charge in [0.15, 0.2) is 0 Å². The summed E-state index contributed by atoms with van der Waals surface area (Å²) >= 11 is 0. The van der Waals surface area contributed by atoms with Crippen LogP contribution in [0.25, 0.3) is 0 Å². The van der Waals surface area contributed by atoms with Crippen LogP contribution >= 0.6 is 0 Å². The average Bonchev–Trinajstić information content (AvgIpc) is 2.54. The third-order valence-electron chi connectivity index (χ3n) is 4.31. The second kappa shape index (κ2) is 6.37. The molecule has 2 aliphatic heterocycles. The van der Waals surface area contributed by atoms with E-state index < -0.39 is 12.0 Å². The van der Waals surface area contributed by atoms with Crippen molar-refractivity contribution in [3.63, 3.8) is 0 Å². The Balaban J connectivity index is 1.78. The summed E-state index contributed by atoms with van der Waals surface area (Å²) in [6, 6.07) is 6.49. The van der Waals surface area contributed by atoms with Crippen molar-refractivity contribution >= 4 is 29.2 Å². The highest BCUT2D eigenvalue weighted by atomic mass is 16.4. The second-order valence-electron chi connectivity index (χ2n) is 5.87. The number of para-hydroxylation sites is 2. The van der Waals surface area contributed by atoms with Gasteiger partial charge in [-0.15, -0.1) is 0 Å². The predicted octanol–water partition coefficient (Wildman–Crippen LogP) is 0.911. The number of hydrogen-bond acceptors (Lipinski definition) is 4. The molecular weight excluding hydrogens is 298 g/mol. The molecule has 3 rings (SSSR count). The molecule has 1 atom stereocenters. The number of likely N-dealkylation sites (tertiary alicyclic amines) is 1. The zero-order valence-corrected chi connectivity index (χ0v) is 12.7. The fourth-order valence-electron chi connectivity index (χ4n) is 3.17. The SMILES string of the molecule is O=C1CN(C(=O)CN2CCCCC2C(=O)O)c2ccccc2N1. The van der Waals surface area contributed by atoms with E-state index in [-0.39, 0.29) is 24.9 Å². The molecule has 0 aliphatic carbocycles. The van der Waals surface area contributed by atoms with E-state index >= 15 is 0 Å². The van der Waals surface area contributed by atoms with Crippen molar-refractivity contribution < 1.29 is 19.5 Å². The number of anilines is 2. The van der Waals surface area contributed by atoms with Crippen LogP contribution in [0.15, 0.2) is 24.3 Å². The van der Waals surface area contributed by atoms with Crippen LogP contribution in [0.5, 0.6) is 0 Å². The molecule has 23 heavy (non-hydrogen) atoms. The van der Waals surface area contributed by atoms with Gasteiger partial charge in [0.05, 0.1) is 17.9 Å². The number of piperidine rings is 1. The summed E-state index contributed by atoms with van der Waals surface area (Å²) in [4.78, 5) is 38.9. The van der Waals surface area contributed by atoms with Crippen LogP contribution in [0.1, 0.15) is 19.3 Å². The summed E-state index contributed by atoms with van der Waals surface area (Å²) in [5, 5.41) is 12.0. The number of carboxylic acids is 1. The summed E-state index contributed by atoms with van der Waals surface area (Å²) in [6.07, 6.45) is 2.30. The highest BCUT2D eigenvalue weighted by Gasteiger charge is 2.33. The normalized spacial score (nSPS) is 21.5. The van der Waals surface area contributed by atoms with Crippen molar-refractivity contribution in [3.8, 4) is 0 Å². The highest BCUT2D eigenvalue weighted by molar-refractivity contribution is 6.10. The number of carboxylic acid groups (broad SMARTS) is 1. The summed E-state index contributed by atoms with van der Waals surface area (Å²) in [5.74, 6) is -1.39. The molecular formula is C16H19N3O4. The predicted molar refractivity (Wildman–Crippen MR) is 84.3 cm³/mol. The lowest BCUT2D eigenvalue weighted by Crippen LogP contribution is -2.52. The maximum atomic E-state index is 12.7. The van der Waals surface area contributed by atoms with Gasteiger partial charge in [0.25, 0.3) is 0 Å². The first-order valence-corrected chi connectivity index (χ1v) is 7.72. The maximum absolute atomic E-state index is 12.7. The minimum Gasteiger partial charge on any atom is -0.480 e. The number of aliphatic carboxylic acids is 1. The number of benzene rings is 1. The molecule has 2 heterocycles. The lowest BCUT2D eigenvalue weighted by molar-refractivity contribution is -0.145. The number of nitrogens with zero attached hydrogens (tertiary/aromatic N) is 2. The average molecular weight is 317 g/mol. The highest BCUT2D eigenvalue weighted by Crippen LogP contribution is 2.29. The fourth-order valence-corrected chi connectivity index (χ4v) is 3.17. The zero-order chi connectivity index (χ0) is 16.4. The van der Waals surface area contributed by atoms with Crippen LogP contribution in [-0.4, -0.2) is 53.5 Å². The fraction of sp³-hybridized carbons (Fsp3) is 0.438. The molecule has 0 radical (unpaired) electrons. The van der Waals surface area contributed by atoms with E-state index in [2.05, 4.69) is 5.32 Å². The molecule has 122 valence electrons. The molecule has 1 unspecified atom stereocenters. The number of carbonyl (C=O) groups is 3. The van der Waals surface area contributed by atoms with E-state index in [4.69, 9.17) is 0 Å². The zero-order valence-electron chi connectivity index (χ0n) is 12.7. The first-order chi connectivity index (χ1) is 11.1. The van der Waals surface area contributed by atoms with E-state index in [0.717, 1.165) is 12.8 Å². The van der Waals surface area contributed by atoms with Crippen LogP contribution in [0, 0.1) is 0 Å². The molecule has 1 aromatic rings. The van der Waals surface area contributed by atoms with E-state index in [1.807, 2.05) is 0 Å². The Morgan fingerprint density at radius 2 is 2.04 bits per heavy atom. The first-order valence-electron chi connectivity index (χ1n) is 7.72. The minimum absolute atomic E-state index is 0.0125. The molecule has 1 aromatic carbocycles. The number of hydrogen-bond donors (Lipinski definition) is 2. The third kappa shape index (κ3) is 3.19. The topological polar surface area (TPSA) is 90.0 Å². The van der Waals surface area contributed by atoms with Crippen molar-refractivity contribution in [3.05, 3.63) is 24.3 Å². The van der Waals surface area contributed by atoms with Crippen LogP contribution < -0.4 is 10.2 Å². The standard InChI is InChI=1S/C16H19N3O4/c20-14-9-19(12-6-2-1-5-11(12)17-14)15(21)10-18-8-4-3-7-13(18)16(22)23/h1-2,5-6,13H,3-4,7-10H2,(H,17,20)(H,22,23). The molecule has 1 fully saturated rings. The number of fused-ring (bicyclic) bond motifs is 1. The van der Waals surface area contributed by atoms with Crippen LogP contribution in [-0.2, 0) is 14.4 Å². The van der Waals surface area contributed by atoms with Gasteiger partial charge in [0.1, 0.15) is 12.6 Å². The summed E-state index contributed by atoms with van der Waals surface area (Å²) in [5.41, 5.74) is 1.26. The van der Waals surface area contributed by atoms with Gasteiger partial charge in [-0.1, -0.05) is 18.6 Å². The number of carbonyl (C=O) groups excluding carboxylic acids is 2. The van der Waals surface area contributed by atoms with Gasteiger partial charge < -0.3 is 10.4 Å². The van der Waals surface area contributed by atoms with E-state index in [9.17, 15) is 19.5 Å². The quantitative estimate of drug-likeness (QED) is 0.865. The monoisotopic (exact) mass is 317 g/mol. The number of nitrogens with one attached hydrogen (secondary N) is 1. The Kier molecular flexibility index (Phi) is 4.29. The van der Waals surface area contributed by atoms with Gasteiger partial charge >= 0.3 is 5.97 Å². The summed E-state index contributed by atoms with van der Waals surface area (Å²) < 4.78 is 0. The summed E-state index contributed by atoms with van der Waals surface area (Å²) in [7, 11) is 0. The summed E-state index contributed by atoms with van der Waals surface area (Å²) in [6.45, 7) is 0.560. The molecule has 0 spiro atoms. The van der Waals surface area contributed by atoms with Gasteiger partial charge in [0.2, 0.25) is 11.8 Å². The van der Waals surface area contributed by atoms with Gasteiger partial charge in [-0.25, -0.2) is 0 Å². The second-order valence-corrected chi connectivity index (χ2v) is 5.87. The van der Waals surface area contributed by atoms with E-state index in [1.54, 1.807) is 29.2 Å². The molecule has 0 bridgehead atoms. The first kappa shape index (κ1) is 15.5. The smallest absolute Gasteiger partial charge is 0.320 e. The van der Waals surface area contributed by atoms with Crippen molar-refractivity contribution in [1.29, 1.82) is 0 Å². The molecule has 2 N–H and O–H groups in total. The molecule has 7 nitrogen and oxygen atoms in total. The number of rotatable bonds is 3. The molecule has 2 amide bonds. The Hall–Kier alpha value is -2.41. The van der Waals surface area contributed by atoms with Crippen molar-refractivity contribution in [1.82, 2.24) is 4.90 Å². The maximum Gasteiger partial charge on any atom is 0.320 e. The molecule has 0 saturated carbocycles. The molecule has 1 saturated heterocycles. The Morgan fingerprint density at radius 3 is 2.83 bits per heavy atom. The van der Waals surface area contributed by atoms with Crippen molar-refractivity contribution in [2.24, 2.45) is 0 Å². The Morgan fingerprint density at radius 1 is 1.26 bits per heavy atom. The van der Waals surface area contributed by atoms with Gasteiger partial charge in [-0.2, -0.15) is 0 Å². The number of amides is 2. The molecule has 2 aliphatic rings.